The average molecular weight is 263 g/mol. The summed E-state index contributed by atoms with van der Waals surface area (Å²) in [5.41, 5.74) is 8.19. The molecule has 4 nitrogen and oxygen atoms in total. The number of Topliss-reactive ketones (excluding diaryl/α,β-unsaturated/α-hetero) is 1. The van der Waals surface area contributed by atoms with Crippen LogP contribution in [-0.2, 0) is 0 Å². The van der Waals surface area contributed by atoms with E-state index in [0.29, 0.717) is 11.3 Å². The van der Waals surface area contributed by atoms with Gasteiger partial charge in [0.15, 0.2) is 5.78 Å². The van der Waals surface area contributed by atoms with Crippen LogP contribution >= 0.6 is 0 Å². The Bertz CT molecular complexity index is 429. The number of nitrogens with zero attached hydrogens (tertiary/aromatic N) is 2. The van der Waals surface area contributed by atoms with Gasteiger partial charge in [0.25, 0.3) is 0 Å². The molecule has 1 aromatic rings. The van der Waals surface area contributed by atoms with Gasteiger partial charge in [-0.15, -0.1) is 0 Å². The standard InChI is InChI=1S/C15H25N3O/c1-5-18(10-6-9-17(3)4)13-7-8-14(12(2)19)15(16)11-13/h7-8,11H,5-6,9-10,16H2,1-4H3. The smallest absolute Gasteiger partial charge is 0.161 e. The third-order valence-electron chi connectivity index (χ3n) is 3.19. The molecule has 0 saturated carbocycles. The van der Waals surface area contributed by atoms with Crippen molar-refractivity contribution in [2.75, 3.05) is 44.4 Å². The van der Waals surface area contributed by atoms with E-state index in [0.717, 1.165) is 31.7 Å². The van der Waals surface area contributed by atoms with Crippen molar-refractivity contribution >= 4 is 17.2 Å². The van der Waals surface area contributed by atoms with Gasteiger partial charge in [-0.2, -0.15) is 0 Å². The monoisotopic (exact) mass is 263 g/mol. The van der Waals surface area contributed by atoms with Gasteiger partial charge >= 0.3 is 0 Å². The summed E-state index contributed by atoms with van der Waals surface area (Å²) in [6.45, 7) is 6.67. The number of ketones is 1. The number of benzene rings is 1. The fourth-order valence-electron chi connectivity index (χ4n) is 2.12. The van der Waals surface area contributed by atoms with Crippen molar-refractivity contribution in [1.29, 1.82) is 0 Å². The highest BCUT2D eigenvalue weighted by molar-refractivity contribution is 5.99. The van der Waals surface area contributed by atoms with Crippen LogP contribution in [0.4, 0.5) is 11.4 Å². The summed E-state index contributed by atoms with van der Waals surface area (Å²) in [4.78, 5) is 15.8. The van der Waals surface area contributed by atoms with Crippen molar-refractivity contribution < 1.29 is 4.79 Å². The van der Waals surface area contributed by atoms with E-state index in [2.05, 4.69) is 30.8 Å². The molecule has 0 radical (unpaired) electrons. The molecule has 0 unspecified atom stereocenters. The van der Waals surface area contributed by atoms with Crippen molar-refractivity contribution in [3.05, 3.63) is 23.8 Å². The number of anilines is 2. The van der Waals surface area contributed by atoms with Crippen LogP contribution in [0.3, 0.4) is 0 Å². The zero-order valence-electron chi connectivity index (χ0n) is 12.4. The van der Waals surface area contributed by atoms with E-state index in [1.807, 2.05) is 18.2 Å². The Hall–Kier alpha value is -1.55. The van der Waals surface area contributed by atoms with Gasteiger partial charge in [0.2, 0.25) is 0 Å². The molecule has 0 aliphatic heterocycles. The summed E-state index contributed by atoms with van der Waals surface area (Å²) in [7, 11) is 4.16. The number of rotatable bonds is 7. The summed E-state index contributed by atoms with van der Waals surface area (Å²) in [5.74, 6) is 0.0136. The quantitative estimate of drug-likeness (QED) is 0.605. The molecule has 106 valence electrons. The minimum absolute atomic E-state index is 0.0136. The first-order chi connectivity index (χ1) is 8.95. The topological polar surface area (TPSA) is 49.6 Å². The van der Waals surface area contributed by atoms with Crippen molar-refractivity contribution in [2.24, 2.45) is 0 Å². The molecule has 0 saturated heterocycles. The van der Waals surface area contributed by atoms with E-state index in [4.69, 9.17) is 5.73 Å². The highest BCUT2D eigenvalue weighted by atomic mass is 16.1. The van der Waals surface area contributed by atoms with Crippen LogP contribution in [0.5, 0.6) is 0 Å². The lowest BCUT2D eigenvalue weighted by atomic mass is 10.1. The summed E-state index contributed by atoms with van der Waals surface area (Å²) < 4.78 is 0. The van der Waals surface area contributed by atoms with E-state index in [1.165, 1.54) is 0 Å². The molecule has 2 N–H and O–H groups in total. The maximum absolute atomic E-state index is 11.4. The molecule has 0 bridgehead atoms. The van der Waals surface area contributed by atoms with Gasteiger partial charge in [0.1, 0.15) is 0 Å². The summed E-state index contributed by atoms with van der Waals surface area (Å²) in [6.07, 6.45) is 1.11. The van der Waals surface area contributed by atoms with Gasteiger partial charge in [-0.05, 0) is 59.1 Å². The molecule has 4 heteroatoms. The highest BCUT2D eigenvalue weighted by Gasteiger charge is 2.09. The lowest BCUT2D eigenvalue weighted by molar-refractivity contribution is 0.101. The number of carbonyl (C=O) groups excluding carboxylic acids is 1. The summed E-state index contributed by atoms with van der Waals surface area (Å²) in [5, 5.41) is 0. The maximum atomic E-state index is 11.4. The van der Waals surface area contributed by atoms with Crippen LogP contribution in [-0.4, -0.2) is 44.4 Å². The van der Waals surface area contributed by atoms with Gasteiger partial charge in [0.05, 0.1) is 0 Å². The predicted molar refractivity (Wildman–Crippen MR) is 81.9 cm³/mol. The van der Waals surface area contributed by atoms with E-state index in [1.54, 1.807) is 6.92 Å². The molecular formula is C15H25N3O. The van der Waals surface area contributed by atoms with Gasteiger partial charge in [0, 0.05) is 30.0 Å². The van der Waals surface area contributed by atoms with Crippen LogP contribution in [0, 0.1) is 0 Å². The van der Waals surface area contributed by atoms with Crippen LogP contribution in [0.15, 0.2) is 18.2 Å². The molecular weight excluding hydrogens is 238 g/mol. The Morgan fingerprint density at radius 2 is 1.95 bits per heavy atom. The number of hydrogen-bond acceptors (Lipinski definition) is 4. The Labute approximate surface area is 116 Å². The molecule has 1 aromatic carbocycles. The summed E-state index contributed by atoms with van der Waals surface area (Å²) in [6, 6.07) is 5.70. The Balaban J connectivity index is 2.76. The SMILES string of the molecule is CCN(CCCN(C)C)c1ccc(C(C)=O)c(N)c1. The molecule has 0 aliphatic carbocycles. The first kappa shape index (κ1) is 15.5. The van der Waals surface area contributed by atoms with Gasteiger partial charge in [-0.1, -0.05) is 0 Å². The van der Waals surface area contributed by atoms with E-state index >= 15 is 0 Å². The zero-order chi connectivity index (χ0) is 14.4. The second-order valence-electron chi connectivity index (χ2n) is 5.06. The van der Waals surface area contributed by atoms with Crippen LogP contribution < -0.4 is 10.6 Å². The van der Waals surface area contributed by atoms with Crippen molar-refractivity contribution in [3.63, 3.8) is 0 Å². The molecule has 0 aromatic heterocycles. The molecule has 0 aliphatic rings. The molecule has 19 heavy (non-hydrogen) atoms. The number of nitrogens with two attached hydrogens (primary N) is 1. The van der Waals surface area contributed by atoms with Gasteiger partial charge < -0.3 is 15.5 Å². The number of nitrogen functional groups attached to an aromatic ring is 1. The third kappa shape index (κ3) is 4.56. The normalized spacial score (nSPS) is 10.8. The second-order valence-corrected chi connectivity index (χ2v) is 5.06. The highest BCUT2D eigenvalue weighted by Crippen LogP contribution is 2.22. The number of hydrogen-bond donors (Lipinski definition) is 1. The molecule has 0 fully saturated rings. The fraction of sp³-hybridized carbons (Fsp3) is 0.533. The van der Waals surface area contributed by atoms with E-state index in [9.17, 15) is 4.79 Å². The zero-order valence-corrected chi connectivity index (χ0v) is 12.4. The van der Waals surface area contributed by atoms with Crippen molar-refractivity contribution in [2.45, 2.75) is 20.3 Å². The first-order valence-electron chi connectivity index (χ1n) is 6.75. The third-order valence-corrected chi connectivity index (χ3v) is 3.19. The molecule has 0 amide bonds. The van der Waals surface area contributed by atoms with Crippen LogP contribution in [0.25, 0.3) is 0 Å². The lowest BCUT2D eigenvalue weighted by Crippen LogP contribution is -2.27. The van der Waals surface area contributed by atoms with Crippen molar-refractivity contribution in [1.82, 2.24) is 4.90 Å². The van der Waals surface area contributed by atoms with Gasteiger partial charge in [-0.3, -0.25) is 4.79 Å². The first-order valence-corrected chi connectivity index (χ1v) is 6.75. The fourth-order valence-corrected chi connectivity index (χ4v) is 2.12. The van der Waals surface area contributed by atoms with Crippen LogP contribution in [0.1, 0.15) is 30.6 Å². The largest absolute Gasteiger partial charge is 0.398 e. The molecule has 0 atom stereocenters. The van der Waals surface area contributed by atoms with Gasteiger partial charge in [-0.25, -0.2) is 0 Å². The number of carbonyl (C=O) groups is 1. The molecule has 1 rings (SSSR count). The summed E-state index contributed by atoms with van der Waals surface area (Å²) >= 11 is 0. The minimum atomic E-state index is 0.0136. The minimum Gasteiger partial charge on any atom is -0.398 e. The van der Waals surface area contributed by atoms with Crippen LogP contribution in [0.2, 0.25) is 0 Å². The maximum Gasteiger partial charge on any atom is 0.161 e. The van der Waals surface area contributed by atoms with E-state index < -0.39 is 0 Å². The average Bonchev–Trinajstić information content (AvgIpc) is 2.33. The lowest BCUT2D eigenvalue weighted by Gasteiger charge is -2.24. The second kappa shape index (κ2) is 7.14. The molecule has 0 heterocycles. The Kier molecular flexibility index (Phi) is 5.83. The Morgan fingerprint density at radius 1 is 1.26 bits per heavy atom. The van der Waals surface area contributed by atoms with E-state index in [-0.39, 0.29) is 5.78 Å². The molecule has 0 spiro atoms. The van der Waals surface area contributed by atoms with Crippen molar-refractivity contribution in [3.8, 4) is 0 Å². The Morgan fingerprint density at radius 3 is 2.42 bits per heavy atom. The predicted octanol–water partition coefficient (Wildman–Crippen LogP) is 2.25.